The predicted molar refractivity (Wildman–Crippen MR) is 129 cm³/mol. The number of fused-ring (bicyclic) bond motifs is 1. The standard InChI is InChI=1S/C26H33N5O3/c32-26(22-4-1-5-24(20-22)34-18-15-29-13-16-33-17-14-29)30-10-2-3-21(8-11-30)19-23-6-7-25-27-9-12-31(25)28-23/h1,4-7,9,12,20-21H,2-3,8,10-11,13-19H2/t21-/m1/s1. The van der Waals surface area contributed by atoms with E-state index in [1.807, 2.05) is 45.9 Å². The van der Waals surface area contributed by atoms with Crippen molar-refractivity contribution in [1.29, 1.82) is 0 Å². The van der Waals surface area contributed by atoms with E-state index in [1.54, 1.807) is 6.20 Å². The van der Waals surface area contributed by atoms with E-state index in [9.17, 15) is 4.79 Å². The molecule has 1 atom stereocenters. The number of morpholine rings is 1. The monoisotopic (exact) mass is 463 g/mol. The molecular weight excluding hydrogens is 430 g/mol. The first-order valence-electron chi connectivity index (χ1n) is 12.4. The number of amides is 1. The van der Waals surface area contributed by atoms with Gasteiger partial charge in [0.15, 0.2) is 5.65 Å². The van der Waals surface area contributed by atoms with Crippen LogP contribution in [0.2, 0.25) is 0 Å². The van der Waals surface area contributed by atoms with Gasteiger partial charge in [0.1, 0.15) is 12.4 Å². The molecule has 2 fully saturated rings. The highest BCUT2D eigenvalue weighted by molar-refractivity contribution is 5.94. The third-order valence-electron chi connectivity index (χ3n) is 6.80. The Kier molecular flexibility index (Phi) is 7.36. The maximum atomic E-state index is 13.2. The lowest BCUT2D eigenvalue weighted by atomic mass is 9.95. The largest absolute Gasteiger partial charge is 0.492 e. The Labute approximate surface area is 200 Å². The third kappa shape index (κ3) is 5.74. The number of nitrogens with zero attached hydrogens (tertiary/aromatic N) is 5. The van der Waals surface area contributed by atoms with Gasteiger partial charge in [-0.2, -0.15) is 5.10 Å². The predicted octanol–water partition coefficient (Wildman–Crippen LogP) is 2.93. The minimum absolute atomic E-state index is 0.0947. The smallest absolute Gasteiger partial charge is 0.253 e. The molecule has 0 bridgehead atoms. The first-order valence-corrected chi connectivity index (χ1v) is 12.4. The zero-order valence-corrected chi connectivity index (χ0v) is 19.6. The fraction of sp³-hybridized carbons (Fsp3) is 0.500. The molecule has 0 N–H and O–H groups in total. The molecule has 0 unspecified atom stereocenters. The van der Waals surface area contributed by atoms with Crippen LogP contribution in [0.1, 0.15) is 35.3 Å². The van der Waals surface area contributed by atoms with Crippen LogP contribution >= 0.6 is 0 Å². The molecule has 1 aromatic carbocycles. The van der Waals surface area contributed by atoms with E-state index < -0.39 is 0 Å². The Hall–Kier alpha value is -2.97. The van der Waals surface area contributed by atoms with Crippen LogP contribution < -0.4 is 4.74 Å². The zero-order chi connectivity index (χ0) is 23.2. The molecule has 0 radical (unpaired) electrons. The number of hydrogen-bond acceptors (Lipinski definition) is 6. The van der Waals surface area contributed by atoms with E-state index in [4.69, 9.17) is 9.47 Å². The average Bonchev–Trinajstić information content (AvgIpc) is 3.22. The lowest BCUT2D eigenvalue weighted by molar-refractivity contribution is 0.0322. The van der Waals surface area contributed by atoms with E-state index in [1.165, 1.54) is 0 Å². The molecule has 2 aromatic heterocycles. The summed E-state index contributed by atoms with van der Waals surface area (Å²) in [7, 11) is 0. The van der Waals surface area contributed by atoms with Crippen molar-refractivity contribution in [2.45, 2.75) is 25.7 Å². The van der Waals surface area contributed by atoms with Gasteiger partial charge in [0, 0.05) is 50.7 Å². The molecule has 8 heteroatoms. The van der Waals surface area contributed by atoms with Crippen molar-refractivity contribution >= 4 is 11.6 Å². The first kappa shape index (κ1) is 22.8. The van der Waals surface area contributed by atoms with Gasteiger partial charge in [-0.3, -0.25) is 9.69 Å². The van der Waals surface area contributed by atoms with Crippen molar-refractivity contribution in [2.75, 3.05) is 52.5 Å². The highest BCUT2D eigenvalue weighted by Crippen LogP contribution is 2.23. The van der Waals surface area contributed by atoms with Crippen LogP contribution in [0.5, 0.6) is 5.75 Å². The molecule has 0 aliphatic carbocycles. The number of carbonyl (C=O) groups excluding carboxylic acids is 1. The Morgan fingerprint density at radius 2 is 2.00 bits per heavy atom. The van der Waals surface area contributed by atoms with Crippen LogP contribution in [0.4, 0.5) is 0 Å². The van der Waals surface area contributed by atoms with Crippen molar-refractivity contribution < 1.29 is 14.3 Å². The Morgan fingerprint density at radius 1 is 1.09 bits per heavy atom. The fourth-order valence-corrected chi connectivity index (χ4v) is 4.85. The summed E-state index contributed by atoms with van der Waals surface area (Å²) in [5.41, 5.74) is 2.65. The molecule has 0 saturated carbocycles. The molecule has 8 nitrogen and oxygen atoms in total. The van der Waals surface area contributed by atoms with Gasteiger partial charge in [-0.1, -0.05) is 6.07 Å². The van der Waals surface area contributed by atoms with E-state index in [0.29, 0.717) is 18.1 Å². The number of ether oxygens (including phenoxy) is 2. The third-order valence-corrected chi connectivity index (χ3v) is 6.80. The van der Waals surface area contributed by atoms with Crippen LogP contribution in [-0.4, -0.2) is 82.8 Å². The van der Waals surface area contributed by atoms with Gasteiger partial charge in [0.25, 0.3) is 5.91 Å². The summed E-state index contributed by atoms with van der Waals surface area (Å²) in [6.07, 6.45) is 7.70. The van der Waals surface area contributed by atoms with Crippen LogP contribution in [0, 0.1) is 5.92 Å². The number of likely N-dealkylation sites (tertiary alicyclic amines) is 1. The van der Waals surface area contributed by atoms with E-state index in [0.717, 1.165) is 88.7 Å². The fourth-order valence-electron chi connectivity index (χ4n) is 4.85. The van der Waals surface area contributed by atoms with E-state index >= 15 is 0 Å². The normalized spacial score (nSPS) is 19.8. The second kappa shape index (κ2) is 11.0. The van der Waals surface area contributed by atoms with Crippen molar-refractivity contribution in [3.05, 3.63) is 60.0 Å². The number of rotatable bonds is 7. The SMILES string of the molecule is O=C(c1cccc(OCCN2CCOCC2)c1)N1CCC[C@@H](Cc2ccc3nccn3n2)CC1. The van der Waals surface area contributed by atoms with Gasteiger partial charge in [0.2, 0.25) is 0 Å². The number of aromatic nitrogens is 3. The van der Waals surface area contributed by atoms with Gasteiger partial charge in [0.05, 0.1) is 18.9 Å². The second-order valence-electron chi connectivity index (χ2n) is 9.18. The molecular formula is C26H33N5O3. The number of imidazole rings is 1. The van der Waals surface area contributed by atoms with Crippen molar-refractivity contribution in [1.82, 2.24) is 24.4 Å². The quantitative estimate of drug-likeness (QED) is 0.537. The van der Waals surface area contributed by atoms with Crippen molar-refractivity contribution in [3.63, 3.8) is 0 Å². The minimum Gasteiger partial charge on any atom is -0.492 e. The highest BCUT2D eigenvalue weighted by atomic mass is 16.5. The number of benzene rings is 1. The molecule has 1 amide bonds. The maximum absolute atomic E-state index is 13.2. The summed E-state index contributed by atoms with van der Waals surface area (Å²) < 4.78 is 13.2. The van der Waals surface area contributed by atoms with Gasteiger partial charge < -0.3 is 14.4 Å². The Bertz CT molecular complexity index is 1090. The lowest BCUT2D eigenvalue weighted by Crippen LogP contribution is -2.38. The summed E-state index contributed by atoms with van der Waals surface area (Å²) in [5, 5.41) is 4.68. The summed E-state index contributed by atoms with van der Waals surface area (Å²) >= 11 is 0. The Balaban J connectivity index is 1.13. The van der Waals surface area contributed by atoms with Gasteiger partial charge in [-0.25, -0.2) is 9.50 Å². The van der Waals surface area contributed by atoms with Gasteiger partial charge in [-0.15, -0.1) is 0 Å². The summed E-state index contributed by atoms with van der Waals surface area (Å²) in [5.74, 6) is 1.38. The molecule has 3 aromatic rings. The summed E-state index contributed by atoms with van der Waals surface area (Å²) in [6.45, 7) is 6.54. The molecule has 4 heterocycles. The van der Waals surface area contributed by atoms with Crippen molar-refractivity contribution in [2.24, 2.45) is 5.92 Å². The number of carbonyl (C=O) groups is 1. The summed E-state index contributed by atoms with van der Waals surface area (Å²) in [4.78, 5) is 21.8. The highest BCUT2D eigenvalue weighted by Gasteiger charge is 2.22. The Morgan fingerprint density at radius 3 is 2.91 bits per heavy atom. The average molecular weight is 464 g/mol. The van der Waals surface area contributed by atoms with Crippen LogP contribution in [0.25, 0.3) is 5.65 Å². The molecule has 2 aliphatic rings. The first-order chi connectivity index (χ1) is 16.7. The maximum Gasteiger partial charge on any atom is 0.253 e. The minimum atomic E-state index is 0.0947. The van der Waals surface area contributed by atoms with Gasteiger partial charge in [-0.05, 0) is 61.9 Å². The van der Waals surface area contributed by atoms with Gasteiger partial charge >= 0.3 is 0 Å². The van der Waals surface area contributed by atoms with Crippen LogP contribution in [0.3, 0.4) is 0 Å². The molecule has 5 rings (SSSR count). The van der Waals surface area contributed by atoms with E-state index in [2.05, 4.69) is 21.0 Å². The zero-order valence-electron chi connectivity index (χ0n) is 19.6. The topological polar surface area (TPSA) is 72.2 Å². The molecule has 2 aliphatic heterocycles. The lowest BCUT2D eigenvalue weighted by Gasteiger charge is -2.26. The van der Waals surface area contributed by atoms with Crippen molar-refractivity contribution in [3.8, 4) is 5.75 Å². The molecule has 2 saturated heterocycles. The molecule has 180 valence electrons. The molecule has 34 heavy (non-hydrogen) atoms. The van der Waals surface area contributed by atoms with E-state index in [-0.39, 0.29) is 5.91 Å². The van der Waals surface area contributed by atoms with Crippen LogP contribution in [0.15, 0.2) is 48.8 Å². The number of hydrogen-bond donors (Lipinski definition) is 0. The molecule has 0 spiro atoms. The second-order valence-corrected chi connectivity index (χ2v) is 9.18. The van der Waals surface area contributed by atoms with Crippen LogP contribution in [-0.2, 0) is 11.2 Å². The summed E-state index contributed by atoms with van der Waals surface area (Å²) in [6, 6.07) is 11.7.